The highest BCUT2D eigenvalue weighted by atomic mass is 16.7. The molecule has 2 rings (SSSR count). The Morgan fingerprint density at radius 1 is 1.67 bits per heavy atom. The van der Waals surface area contributed by atoms with Crippen LogP contribution in [0.15, 0.2) is 12.3 Å². The predicted molar refractivity (Wildman–Crippen MR) is 42.4 cm³/mol. The summed E-state index contributed by atoms with van der Waals surface area (Å²) in [5.41, 5.74) is 0.903. The number of hydrogen-bond donors (Lipinski definition) is 1. The fourth-order valence-corrected chi connectivity index (χ4v) is 1.28. The molecule has 2 heterocycles. The highest BCUT2D eigenvalue weighted by molar-refractivity contribution is 5.03. The zero-order chi connectivity index (χ0) is 8.60. The van der Waals surface area contributed by atoms with Crippen LogP contribution in [0.2, 0.25) is 0 Å². The third kappa shape index (κ3) is 1.35. The molecule has 0 spiro atoms. The molecule has 1 N–H and O–H groups in total. The summed E-state index contributed by atoms with van der Waals surface area (Å²) in [4.78, 5) is 0. The number of aromatic amines is 1. The number of rotatable bonds is 1. The molecule has 1 atom stereocenters. The molecular formula is C8H12N2O2. The van der Waals surface area contributed by atoms with Crippen molar-refractivity contribution in [3.8, 4) is 0 Å². The van der Waals surface area contributed by atoms with Crippen molar-refractivity contribution in [1.29, 1.82) is 0 Å². The molecule has 0 bridgehead atoms. The summed E-state index contributed by atoms with van der Waals surface area (Å²) in [5.74, 6) is -0.469. The molecule has 0 aliphatic carbocycles. The molecule has 66 valence electrons. The summed E-state index contributed by atoms with van der Waals surface area (Å²) in [6.45, 7) is 4.39. The Morgan fingerprint density at radius 2 is 2.50 bits per heavy atom. The standard InChI is InChI=1S/C8H12N2O2/c1-8(2)11-5-7(12-8)6-3-4-9-10-6/h3-4,7H,5H2,1-2H3,(H,9,10). The van der Waals surface area contributed by atoms with Crippen LogP contribution in [-0.2, 0) is 9.47 Å². The predicted octanol–water partition coefficient (Wildman–Crippen LogP) is 1.23. The van der Waals surface area contributed by atoms with Crippen molar-refractivity contribution in [2.24, 2.45) is 0 Å². The van der Waals surface area contributed by atoms with Crippen LogP contribution in [0.25, 0.3) is 0 Å². The molecule has 1 aromatic heterocycles. The molecule has 1 aromatic rings. The topological polar surface area (TPSA) is 47.1 Å². The van der Waals surface area contributed by atoms with Crippen LogP contribution in [0.4, 0.5) is 0 Å². The van der Waals surface area contributed by atoms with Gasteiger partial charge in [0.05, 0.1) is 12.3 Å². The summed E-state index contributed by atoms with van der Waals surface area (Å²) in [6, 6.07) is 1.90. The van der Waals surface area contributed by atoms with Crippen LogP contribution in [0, 0.1) is 0 Å². The molecule has 12 heavy (non-hydrogen) atoms. The van der Waals surface area contributed by atoms with E-state index in [9.17, 15) is 0 Å². The van der Waals surface area contributed by atoms with E-state index in [4.69, 9.17) is 9.47 Å². The van der Waals surface area contributed by atoms with Gasteiger partial charge in [0.25, 0.3) is 0 Å². The summed E-state index contributed by atoms with van der Waals surface area (Å²) >= 11 is 0. The SMILES string of the molecule is CC1(C)OCC(c2cc[nH]n2)O1. The summed E-state index contributed by atoms with van der Waals surface area (Å²) in [5, 5.41) is 6.78. The van der Waals surface area contributed by atoms with Gasteiger partial charge in [0.1, 0.15) is 6.10 Å². The third-order valence-corrected chi connectivity index (χ3v) is 1.86. The Balaban J connectivity index is 2.10. The first-order chi connectivity index (χ1) is 5.67. The fourth-order valence-electron chi connectivity index (χ4n) is 1.28. The van der Waals surface area contributed by atoms with E-state index >= 15 is 0 Å². The summed E-state index contributed by atoms with van der Waals surface area (Å²) in [6.07, 6.45) is 1.76. The van der Waals surface area contributed by atoms with E-state index < -0.39 is 5.79 Å². The second-order valence-corrected chi connectivity index (χ2v) is 3.32. The second-order valence-electron chi connectivity index (χ2n) is 3.32. The van der Waals surface area contributed by atoms with E-state index in [-0.39, 0.29) is 6.10 Å². The smallest absolute Gasteiger partial charge is 0.163 e. The van der Waals surface area contributed by atoms with Crippen LogP contribution >= 0.6 is 0 Å². The number of nitrogens with one attached hydrogen (secondary N) is 1. The van der Waals surface area contributed by atoms with Gasteiger partial charge in [0, 0.05) is 6.20 Å². The lowest BCUT2D eigenvalue weighted by atomic mass is 10.3. The summed E-state index contributed by atoms with van der Waals surface area (Å²) in [7, 11) is 0. The van der Waals surface area contributed by atoms with Crippen LogP contribution < -0.4 is 0 Å². The first-order valence-electron chi connectivity index (χ1n) is 3.99. The normalized spacial score (nSPS) is 27.7. The van der Waals surface area contributed by atoms with E-state index in [1.165, 1.54) is 0 Å². The van der Waals surface area contributed by atoms with Gasteiger partial charge in [-0.05, 0) is 19.9 Å². The van der Waals surface area contributed by atoms with Crippen LogP contribution in [0.3, 0.4) is 0 Å². The average Bonchev–Trinajstić information content (AvgIpc) is 2.55. The Labute approximate surface area is 70.9 Å². The van der Waals surface area contributed by atoms with Crippen molar-refractivity contribution < 1.29 is 9.47 Å². The lowest BCUT2D eigenvalue weighted by molar-refractivity contribution is -0.139. The van der Waals surface area contributed by atoms with Gasteiger partial charge in [0.15, 0.2) is 5.79 Å². The molecule has 0 aromatic carbocycles. The molecule has 4 heteroatoms. The summed E-state index contributed by atoms with van der Waals surface area (Å²) < 4.78 is 11.0. The maximum atomic E-state index is 5.59. The monoisotopic (exact) mass is 168 g/mol. The van der Waals surface area contributed by atoms with Gasteiger partial charge in [-0.3, -0.25) is 5.10 Å². The first kappa shape index (κ1) is 7.76. The molecule has 1 fully saturated rings. The molecule has 0 radical (unpaired) electrons. The van der Waals surface area contributed by atoms with Gasteiger partial charge in [0.2, 0.25) is 0 Å². The Hall–Kier alpha value is -0.870. The van der Waals surface area contributed by atoms with Crippen molar-refractivity contribution in [2.45, 2.75) is 25.7 Å². The molecule has 0 saturated carbocycles. The third-order valence-electron chi connectivity index (χ3n) is 1.86. The van der Waals surface area contributed by atoms with E-state index in [0.717, 1.165) is 5.69 Å². The minimum absolute atomic E-state index is 0.0220. The maximum absolute atomic E-state index is 5.59. The molecule has 1 aliphatic rings. The highest BCUT2D eigenvalue weighted by Crippen LogP contribution is 2.31. The van der Waals surface area contributed by atoms with Gasteiger partial charge in [-0.2, -0.15) is 5.10 Å². The number of aromatic nitrogens is 2. The Morgan fingerprint density at radius 3 is 3.00 bits per heavy atom. The van der Waals surface area contributed by atoms with Gasteiger partial charge in [-0.15, -0.1) is 0 Å². The van der Waals surface area contributed by atoms with E-state index in [0.29, 0.717) is 6.61 Å². The molecule has 1 aliphatic heterocycles. The van der Waals surface area contributed by atoms with E-state index in [2.05, 4.69) is 10.2 Å². The number of nitrogens with zero attached hydrogens (tertiary/aromatic N) is 1. The van der Waals surface area contributed by atoms with Crippen LogP contribution in [0.1, 0.15) is 25.6 Å². The molecule has 0 amide bonds. The van der Waals surface area contributed by atoms with Crippen molar-refractivity contribution in [1.82, 2.24) is 10.2 Å². The lowest BCUT2D eigenvalue weighted by Crippen LogP contribution is -2.19. The number of H-pyrrole nitrogens is 1. The van der Waals surface area contributed by atoms with Gasteiger partial charge in [-0.25, -0.2) is 0 Å². The number of hydrogen-bond acceptors (Lipinski definition) is 3. The number of ether oxygens (including phenoxy) is 2. The van der Waals surface area contributed by atoms with Gasteiger partial charge >= 0.3 is 0 Å². The molecule has 4 nitrogen and oxygen atoms in total. The highest BCUT2D eigenvalue weighted by Gasteiger charge is 2.34. The molecular weight excluding hydrogens is 156 g/mol. The largest absolute Gasteiger partial charge is 0.347 e. The van der Waals surface area contributed by atoms with E-state index in [1.54, 1.807) is 6.20 Å². The lowest BCUT2D eigenvalue weighted by Gasteiger charge is -2.15. The van der Waals surface area contributed by atoms with Gasteiger partial charge < -0.3 is 9.47 Å². The second kappa shape index (κ2) is 2.57. The fraction of sp³-hybridized carbons (Fsp3) is 0.625. The average molecular weight is 168 g/mol. The Bertz CT molecular complexity index is 256. The van der Waals surface area contributed by atoms with Crippen molar-refractivity contribution in [3.63, 3.8) is 0 Å². The van der Waals surface area contributed by atoms with Crippen LogP contribution in [-0.4, -0.2) is 22.6 Å². The minimum Gasteiger partial charge on any atom is -0.347 e. The van der Waals surface area contributed by atoms with Gasteiger partial charge in [-0.1, -0.05) is 0 Å². The maximum Gasteiger partial charge on any atom is 0.163 e. The molecule has 1 unspecified atom stereocenters. The first-order valence-corrected chi connectivity index (χ1v) is 3.99. The van der Waals surface area contributed by atoms with Crippen molar-refractivity contribution in [2.75, 3.05) is 6.61 Å². The van der Waals surface area contributed by atoms with Crippen LogP contribution in [0.5, 0.6) is 0 Å². The zero-order valence-electron chi connectivity index (χ0n) is 7.20. The minimum atomic E-state index is -0.469. The zero-order valence-corrected chi connectivity index (χ0v) is 7.20. The quantitative estimate of drug-likeness (QED) is 0.686. The van der Waals surface area contributed by atoms with E-state index in [1.807, 2.05) is 19.9 Å². The van der Waals surface area contributed by atoms with Crippen molar-refractivity contribution in [3.05, 3.63) is 18.0 Å². The van der Waals surface area contributed by atoms with Crippen molar-refractivity contribution >= 4 is 0 Å². The Kier molecular flexibility index (Phi) is 1.66. The molecule has 1 saturated heterocycles.